The molecule has 0 fully saturated rings. The zero-order valence-corrected chi connectivity index (χ0v) is 22.0. The maximum absolute atomic E-state index is 13.5. The Bertz CT molecular complexity index is 1230. The summed E-state index contributed by atoms with van der Waals surface area (Å²) in [7, 11) is 0. The van der Waals surface area contributed by atoms with Gasteiger partial charge in [-0.25, -0.2) is 4.79 Å². The first-order valence-electron chi connectivity index (χ1n) is 11.7. The van der Waals surface area contributed by atoms with E-state index in [9.17, 15) is 9.59 Å². The minimum absolute atomic E-state index is 0.0397. The minimum atomic E-state index is -0.757. The van der Waals surface area contributed by atoms with E-state index >= 15 is 0 Å². The first-order chi connectivity index (χ1) is 16.6. The zero-order chi connectivity index (χ0) is 25.3. The van der Waals surface area contributed by atoms with Gasteiger partial charge in [0.25, 0.3) is 0 Å². The van der Waals surface area contributed by atoms with Crippen LogP contribution >= 0.6 is 15.9 Å². The summed E-state index contributed by atoms with van der Waals surface area (Å²) in [5.41, 5.74) is 9.42. The molecule has 1 aliphatic heterocycles. The first kappa shape index (κ1) is 25.0. The second-order valence-electron chi connectivity index (χ2n) is 9.77. The van der Waals surface area contributed by atoms with Gasteiger partial charge < -0.3 is 19.9 Å². The van der Waals surface area contributed by atoms with Gasteiger partial charge in [0, 0.05) is 28.5 Å². The lowest BCUT2D eigenvalue weighted by Gasteiger charge is -2.38. The number of nitrogens with two attached hydrogens (primary N) is 1. The Balaban J connectivity index is 1.83. The molecule has 6 nitrogen and oxygen atoms in total. The SMILES string of the molecule is CCOC(=O)C1=C(N)OC2=C(C(=O)CC(C)(C)C2)C1c1cc(Br)ccc1OCc1ccc(C)cc1. The molecule has 4 rings (SSSR count). The molecular weight excluding hydrogens is 510 g/mol. The zero-order valence-electron chi connectivity index (χ0n) is 20.4. The molecule has 2 aromatic rings. The molecule has 0 spiro atoms. The normalized spacial score (nSPS) is 19.2. The molecule has 0 radical (unpaired) electrons. The van der Waals surface area contributed by atoms with Crippen LogP contribution in [0.5, 0.6) is 5.75 Å². The van der Waals surface area contributed by atoms with Crippen LogP contribution in [-0.2, 0) is 25.7 Å². The molecule has 0 saturated carbocycles. The number of carbonyl (C=O) groups is 2. The van der Waals surface area contributed by atoms with Crippen molar-refractivity contribution in [2.24, 2.45) is 11.1 Å². The number of carbonyl (C=O) groups excluding carboxylic acids is 2. The Morgan fingerprint density at radius 1 is 1.17 bits per heavy atom. The van der Waals surface area contributed by atoms with Crippen LogP contribution < -0.4 is 10.5 Å². The summed E-state index contributed by atoms with van der Waals surface area (Å²) in [5, 5.41) is 0. The number of hydrogen-bond acceptors (Lipinski definition) is 6. The number of aryl methyl sites for hydroxylation is 1. The number of allylic oxidation sites excluding steroid dienone is 2. The van der Waals surface area contributed by atoms with Crippen LogP contribution in [0.15, 0.2) is 69.7 Å². The highest BCUT2D eigenvalue weighted by molar-refractivity contribution is 9.10. The van der Waals surface area contributed by atoms with E-state index in [2.05, 4.69) is 15.9 Å². The second-order valence-corrected chi connectivity index (χ2v) is 10.7. The summed E-state index contributed by atoms with van der Waals surface area (Å²) in [6, 6.07) is 13.6. The van der Waals surface area contributed by atoms with Crippen LogP contribution in [0.1, 0.15) is 56.2 Å². The Morgan fingerprint density at radius 3 is 2.57 bits per heavy atom. The lowest BCUT2D eigenvalue weighted by molar-refractivity contribution is -0.139. The second kappa shape index (κ2) is 9.90. The number of benzene rings is 2. The van der Waals surface area contributed by atoms with Gasteiger partial charge in [-0.1, -0.05) is 59.6 Å². The summed E-state index contributed by atoms with van der Waals surface area (Å²) in [4.78, 5) is 26.5. The van der Waals surface area contributed by atoms with Gasteiger partial charge in [-0.3, -0.25) is 4.79 Å². The van der Waals surface area contributed by atoms with Crippen molar-refractivity contribution in [1.29, 1.82) is 0 Å². The maximum Gasteiger partial charge on any atom is 0.340 e. The van der Waals surface area contributed by atoms with Crippen molar-refractivity contribution < 1.29 is 23.8 Å². The fourth-order valence-corrected chi connectivity index (χ4v) is 5.00. The van der Waals surface area contributed by atoms with Gasteiger partial charge in [0.2, 0.25) is 5.88 Å². The summed E-state index contributed by atoms with van der Waals surface area (Å²) in [6.45, 7) is 8.29. The van der Waals surface area contributed by atoms with Crippen molar-refractivity contribution in [1.82, 2.24) is 0 Å². The van der Waals surface area contributed by atoms with E-state index in [4.69, 9.17) is 19.9 Å². The fraction of sp³-hybridized carbons (Fsp3) is 0.357. The number of rotatable bonds is 6. The summed E-state index contributed by atoms with van der Waals surface area (Å²) < 4.78 is 18.3. The van der Waals surface area contributed by atoms with Crippen molar-refractivity contribution in [3.05, 3.63) is 86.4 Å². The van der Waals surface area contributed by atoms with Crippen molar-refractivity contribution in [3.8, 4) is 5.75 Å². The van der Waals surface area contributed by atoms with Crippen LogP contribution in [0.3, 0.4) is 0 Å². The highest BCUT2D eigenvalue weighted by Crippen LogP contribution is 2.50. The number of ketones is 1. The summed E-state index contributed by atoms with van der Waals surface area (Å²) >= 11 is 3.54. The average molecular weight is 540 g/mol. The topological polar surface area (TPSA) is 87.9 Å². The Morgan fingerprint density at radius 2 is 1.89 bits per heavy atom. The molecule has 0 bridgehead atoms. The van der Waals surface area contributed by atoms with Crippen LogP contribution in [0.4, 0.5) is 0 Å². The number of halogens is 1. The van der Waals surface area contributed by atoms with Gasteiger partial charge in [-0.05, 0) is 43.0 Å². The Hall–Kier alpha value is -3.06. The van der Waals surface area contributed by atoms with Gasteiger partial charge in [-0.2, -0.15) is 0 Å². The number of esters is 1. The molecule has 7 heteroatoms. The molecule has 1 aliphatic carbocycles. The van der Waals surface area contributed by atoms with E-state index in [0.717, 1.165) is 15.6 Å². The van der Waals surface area contributed by atoms with Crippen LogP contribution in [0, 0.1) is 12.3 Å². The largest absolute Gasteiger partial charge is 0.489 e. The quantitative estimate of drug-likeness (QED) is 0.464. The Labute approximate surface area is 214 Å². The number of ether oxygens (including phenoxy) is 3. The van der Waals surface area contributed by atoms with E-state index in [1.807, 2.05) is 63.2 Å². The average Bonchev–Trinajstić information content (AvgIpc) is 2.77. The maximum atomic E-state index is 13.5. The molecule has 1 unspecified atom stereocenters. The predicted octanol–water partition coefficient (Wildman–Crippen LogP) is 5.83. The molecule has 0 amide bonds. The van der Waals surface area contributed by atoms with Gasteiger partial charge in [-0.15, -0.1) is 0 Å². The van der Waals surface area contributed by atoms with Gasteiger partial charge in [0.05, 0.1) is 12.5 Å². The molecular formula is C28H30BrNO5. The van der Waals surface area contributed by atoms with E-state index < -0.39 is 11.9 Å². The van der Waals surface area contributed by atoms with Crippen molar-refractivity contribution in [2.45, 2.75) is 53.1 Å². The summed E-state index contributed by atoms with van der Waals surface area (Å²) in [6.07, 6.45) is 0.879. The number of Topliss-reactive ketones (excluding diaryl/α,β-unsaturated/α-hetero) is 1. The van der Waals surface area contributed by atoms with Gasteiger partial charge in [0.1, 0.15) is 23.7 Å². The van der Waals surface area contributed by atoms with Crippen LogP contribution in [0.25, 0.3) is 0 Å². The van der Waals surface area contributed by atoms with E-state index in [1.165, 1.54) is 0 Å². The van der Waals surface area contributed by atoms with E-state index in [0.29, 0.717) is 42.1 Å². The molecule has 35 heavy (non-hydrogen) atoms. The monoisotopic (exact) mass is 539 g/mol. The van der Waals surface area contributed by atoms with E-state index in [1.54, 1.807) is 6.92 Å². The predicted molar refractivity (Wildman–Crippen MR) is 136 cm³/mol. The van der Waals surface area contributed by atoms with Crippen molar-refractivity contribution in [2.75, 3.05) is 6.61 Å². The third kappa shape index (κ3) is 5.30. The van der Waals surface area contributed by atoms with Crippen molar-refractivity contribution >= 4 is 27.7 Å². The van der Waals surface area contributed by atoms with Gasteiger partial charge >= 0.3 is 5.97 Å². The molecule has 2 aromatic carbocycles. The lowest BCUT2D eigenvalue weighted by Crippen LogP contribution is -2.35. The van der Waals surface area contributed by atoms with Crippen LogP contribution in [0.2, 0.25) is 0 Å². The third-order valence-electron chi connectivity index (χ3n) is 6.25. The molecule has 0 aromatic heterocycles. The van der Waals surface area contributed by atoms with Crippen molar-refractivity contribution in [3.63, 3.8) is 0 Å². The van der Waals surface area contributed by atoms with Gasteiger partial charge in [0.15, 0.2) is 5.78 Å². The highest BCUT2D eigenvalue weighted by Gasteiger charge is 2.46. The molecule has 1 heterocycles. The van der Waals surface area contributed by atoms with Crippen LogP contribution in [-0.4, -0.2) is 18.4 Å². The first-order valence-corrected chi connectivity index (χ1v) is 12.5. The minimum Gasteiger partial charge on any atom is -0.489 e. The molecule has 2 N–H and O–H groups in total. The lowest BCUT2D eigenvalue weighted by atomic mass is 9.70. The standard InChI is InChI=1S/C28H30BrNO5/c1-5-33-27(32)25-23(24-20(31)13-28(3,4)14-22(24)35-26(25)30)19-12-18(29)10-11-21(19)34-15-17-8-6-16(2)7-9-17/h6-12,23H,5,13-15,30H2,1-4H3. The summed E-state index contributed by atoms with van der Waals surface area (Å²) in [5.74, 6) is -0.413. The third-order valence-corrected chi connectivity index (χ3v) is 6.74. The number of hydrogen-bond donors (Lipinski definition) is 1. The fourth-order valence-electron chi connectivity index (χ4n) is 4.63. The van der Waals surface area contributed by atoms with E-state index in [-0.39, 0.29) is 29.3 Å². The smallest absolute Gasteiger partial charge is 0.340 e. The highest BCUT2D eigenvalue weighted by atomic mass is 79.9. The Kier molecular flexibility index (Phi) is 7.08. The molecule has 184 valence electrons. The molecule has 0 saturated heterocycles. The molecule has 2 aliphatic rings. The molecule has 1 atom stereocenters.